The molecule has 2 rings (SSSR count). The molecule has 0 unspecified atom stereocenters. The number of cyclic esters (lactones) is 1. The quantitative estimate of drug-likeness (QED) is 0.630. The first kappa shape index (κ1) is 12.1. The van der Waals surface area contributed by atoms with Gasteiger partial charge in [0, 0.05) is 11.8 Å². The van der Waals surface area contributed by atoms with Gasteiger partial charge in [-0.3, -0.25) is 0 Å². The molecule has 0 aromatic heterocycles. The number of halogens is 1. The Kier molecular flexibility index (Phi) is 3.46. The van der Waals surface area contributed by atoms with Gasteiger partial charge in [-0.05, 0) is 17.7 Å². The first-order valence-corrected chi connectivity index (χ1v) is 6.18. The normalized spacial score (nSPS) is 23.2. The Hall–Kier alpha value is -1.38. The van der Waals surface area contributed by atoms with Crippen LogP contribution in [0.1, 0.15) is 11.1 Å². The molecule has 0 spiro atoms. The zero-order valence-corrected chi connectivity index (χ0v) is 10.6. The fourth-order valence-electron chi connectivity index (χ4n) is 1.68. The van der Waals surface area contributed by atoms with E-state index in [9.17, 15) is 4.79 Å². The number of esters is 1. The molecule has 1 heterocycles. The Balaban J connectivity index is 2.19. The van der Waals surface area contributed by atoms with E-state index in [-0.39, 0.29) is 12.8 Å². The fraction of sp³-hybridized carbons (Fsp3) is 0.333. The van der Waals surface area contributed by atoms with Gasteiger partial charge in [-0.25, -0.2) is 4.79 Å². The van der Waals surface area contributed by atoms with E-state index in [0.717, 1.165) is 5.56 Å². The summed E-state index contributed by atoms with van der Waals surface area (Å²) in [5, 5.41) is 9.08. The van der Waals surface area contributed by atoms with Gasteiger partial charge in [0.1, 0.15) is 0 Å². The van der Waals surface area contributed by atoms with Crippen LogP contribution < -0.4 is 0 Å². The molecule has 0 radical (unpaired) electrons. The SMILES string of the molecule is N#Cc1ccc(C[C@@]2(CBr)OCOC2=O)cc1. The minimum absolute atomic E-state index is 0.000707. The average molecular weight is 296 g/mol. The second-order valence-electron chi connectivity index (χ2n) is 3.81. The van der Waals surface area contributed by atoms with Crippen molar-refractivity contribution < 1.29 is 14.3 Å². The third-order valence-electron chi connectivity index (χ3n) is 2.69. The lowest BCUT2D eigenvalue weighted by atomic mass is 9.96. The summed E-state index contributed by atoms with van der Waals surface area (Å²) in [7, 11) is 0. The maximum atomic E-state index is 11.6. The lowest BCUT2D eigenvalue weighted by molar-refractivity contribution is -0.142. The highest BCUT2D eigenvalue weighted by molar-refractivity contribution is 9.09. The number of carbonyl (C=O) groups excluding carboxylic acids is 1. The van der Waals surface area contributed by atoms with Crippen LogP contribution in [0.25, 0.3) is 0 Å². The van der Waals surface area contributed by atoms with Gasteiger partial charge in [0.2, 0.25) is 0 Å². The van der Waals surface area contributed by atoms with E-state index in [1.165, 1.54) is 0 Å². The topological polar surface area (TPSA) is 59.3 Å². The number of hydrogen-bond acceptors (Lipinski definition) is 4. The molecule has 1 saturated heterocycles. The first-order chi connectivity index (χ1) is 8.20. The van der Waals surface area contributed by atoms with Crippen LogP contribution in [0, 0.1) is 11.3 Å². The standard InChI is InChI=1S/C12H10BrNO3/c13-7-12(11(15)16-8-17-12)5-9-1-3-10(6-14)4-2-9/h1-4H,5,7-8H2/t12-/m0/s1. The van der Waals surface area contributed by atoms with Gasteiger partial charge >= 0.3 is 5.97 Å². The van der Waals surface area contributed by atoms with Gasteiger partial charge in [0.25, 0.3) is 0 Å². The smallest absolute Gasteiger partial charge is 0.341 e. The van der Waals surface area contributed by atoms with Crippen molar-refractivity contribution in [1.29, 1.82) is 5.26 Å². The molecule has 1 atom stereocenters. The summed E-state index contributed by atoms with van der Waals surface area (Å²) in [6.45, 7) is 0.000707. The van der Waals surface area contributed by atoms with Crippen molar-refractivity contribution in [2.45, 2.75) is 12.0 Å². The fourth-order valence-corrected chi connectivity index (χ4v) is 2.27. The summed E-state index contributed by atoms with van der Waals surface area (Å²) >= 11 is 3.28. The van der Waals surface area contributed by atoms with Crippen LogP contribution in [-0.4, -0.2) is 23.7 Å². The minimum atomic E-state index is -0.936. The Morgan fingerprint density at radius 3 is 2.59 bits per heavy atom. The molecule has 0 saturated carbocycles. The molecule has 0 bridgehead atoms. The van der Waals surface area contributed by atoms with Crippen molar-refractivity contribution in [2.24, 2.45) is 0 Å². The third kappa shape index (κ3) is 2.33. The molecule has 88 valence electrons. The maximum absolute atomic E-state index is 11.6. The van der Waals surface area contributed by atoms with E-state index in [2.05, 4.69) is 15.9 Å². The summed E-state index contributed by atoms with van der Waals surface area (Å²) in [6, 6.07) is 9.12. The number of rotatable bonds is 3. The number of benzene rings is 1. The predicted octanol–water partition coefficient (Wildman–Crippen LogP) is 1.77. The Labute approximate surface area is 107 Å². The van der Waals surface area contributed by atoms with E-state index in [4.69, 9.17) is 14.7 Å². The maximum Gasteiger partial charge on any atom is 0.341 e. The van der Waals surface area contributed by atoms with Crippen LogP contribution in [0.2, 0.25) is 0 Å². The Morgan fingerprint density at radius 2 is 2.12 bits per heavy atom. The Morgan fingerprint density at radius 1 is 1.41 bits per heavy atom. The molecule has 1 aliphatic rings. The zero-order valence-electron chi connectivity index (χ0n) is 8.98. The highest BCUT2D eigenvalue weighted by Gasteiger charge is 2.45. The number of alkyl halides is 1. The molecule has 17 heavy (non-hydrogen) atoms. The number of ether oxygens (including phenoxy) is 2. The van der Waals surface area contributed by atoms with E-state index in [0.29, 0.717) is 17.3 Å². The van der Waals surface area contributed by atoms with Crippen LogP contribution in [0.4, 0.5) is 0 Å². The van der Waals surface area contributed by atoms with Crippen LogP contribution in [0.5, 0.6) is 0 Å². The predicted molar refractivity (Wildman–Crippen MR) is 63.4 cm³/mol. The van der Waals surface area contributed by atoms with E-state index in [1.54, 1.807) is 12.1 Å². The second-order valence-corrected chi connectivity index (χ2v) is 4.37. The number of hydrogen-bond donors (Lipinski definition) is 0. The summed E-state index contributed by atoms with van der Waals surface area (Å²) < 4.78 is 10.2. The zero-order chi connectivity index (χ0) is 12.3. The summed E-state index contributed by atoms with van der Waals surface area (Å²) in [6.07, 6.45) is 0.433. The van der Waals surface area contributed by atoms with Crippen molar-refractivity contribution in [1.82, 2.24) is 0 Å². The first-order valence-electron chi connectivity index (χ1n) is 5.06. The molecule has 0 N–H and O–H groups in total. The van der Waals surface area contributed by atoms with Crippen molar-refractivity contribution in [2.75, 3.05) is 12.1 Å². The van der Waals surface area contributed by atoms with Crippen LogP contribution in [0.3, 0.4) is 0 Å². The van der Waals surface area contributed by atoms with Crippen molar-refractivity contribution in [3.05, 3.63) is 35.4 Å². The summed E-state index contributed by atoms with van der Waals surface area (Å²) in [5.74, 6) is -0.348. The van der Waals surface area contributed by atoms with Crippen molar-refractivity contribution in [3.8, 4) is 6.07 Å². The Bertz CT molecular complexity index is 466. The molecule has 1 aromatic rings. The van der Waals surface area contributed by atoms with Crippen LogP contribution in [0.15, 0.2) is 24.3 Å². The lowest BCUT2D eigenvalue weighted by Crippen LogP contribution is -2.40. The van der Waals surface area contributed by atoms with Crippen LogP contribution in [-0.2, 0) is 20.7 Å². The molecule has 1 fully saturated rings. The molecule has 1 aliphatic heterocycles. The van der Waals surface area contributed by atoms with Crippen LogP contribution >= 0.6 is 15.9 Å². The molecular weight excluding hydrogens is 286 g/mol. The molecular formula is C12H10BrNO3. The molecule has 4 nitrogen and oxygen atoms in total. The molecule has 0 aliphatic carbocycles. The van der Waals surface area contributed by atoms with E-state index < -0.39 is 5.60 Å². The lowest BCUT2D eigenvalue weighted by Gasteiger charge is -2.20. The van der Waals surface area contributed by atoms with Gasteiger partial charge in [-0.1, -0.05) is 28.1 Å². The second kappa shape index (κ2) is 4.86. The summed E-state index contributed by atoms with van der Waals surface area (Å²) in [4.78, 5) is 11.6. The molecule has 0 amide bonds. The highest BCUT2D eigenvalue weighted by atomic mass is 79.9. The number of nitriles is 1. The minimum Gasteiger partial charge on any atom is -0.436 e. The van der Waals surface area contributed by atoms with Gasteiger partial charge < -0.3 is 9.47 Å². The average Bonchev–Trinajstić information content (AvgIpc) is 2.72. The number of carbonyl (C=O) groups is 1. The summed E-state index contributed by atoms with van der Waals surface area (Å²) in [5.41, 5.74) is 0.590. The van der Waals surface area contributed by atoms with Gasteiger partial charge in [-0.2, -0.15) is 5.26 Å². The highest BCUT2D eigenvalue weighted by Crippen LogP contribution is 2.27. The van der Waals surface area contributed by atoms with Crippen molar-refractivity contribution in [3.63, 3.8) is 0 Å². The van der Waals surface area contributed by atoms with E-state index >= 15 is 0 Å². The van der Waals surface area contributed by atoms with Gasteiger partial charge in [-0.15, -0.1) is 0 Å². The van der Waals surface area contributed by atoms with Gasteiger partial charge in [0.05, 0.1) is 11.6 Å². The van der Waals surface area contributed by atoms with Crippen molar-refractivity contribution >= 4 is 21.9 Å². The van der Waals surface area contributed by atoms with Gasteiger partial charge in [0.15, 0.2) is 12.4 Å². The molecule has 5 heteroatoms. The molecule has 1 aromatic carbocycles. The third-order valence-corrected chi connectivity index (χ3v) is 3.59. The largest absolute Gasteiger partial charge is 0.436 e. The monoisotopic (exact) mass is 295 g/mol. The van der Waals surface area contributed by atoms with E-state index in [1.807, 2.05) is 18.2 Å². The number of nitrogens with zero attached hydrogens (tertiary/aromatic N) is 1.